The topological polar surface area (TPSA) is 107 Å². The maximum Gasteiger partial charge on any atom is 0.165 e. The SMILES string of the molecule is N[C@@H]1c2ncncc2CC12CCN(c1cnc(Sc3ccnnc3Cl)cn1)CC2. The van der Waals surface area contributed by atoms with E-state index in [-0.39, 0.29) is 11.5 Å². The lowest BCUT2D eigenvalue weighted by Crippen LogP contribution is -2.44. The van der Waals surface area contributed by atoms with Gasteiger partial charge in [-0.2, -0.15) is 5.10 Å². The molecule has 3 aromatic rings. The van der Waals surface area contributed by atoms with Gasteiger partial charge in [-0.1, -0.05) is 23.4 Å². The van der Waals surface area contributed by atoms with E-state index in [1.807, 2.05) is 18.5 Å². The van der Waals surface area contributed by atoms with E-state index >= 15 is 0 Å². The molecule has 0 bridgehead atoms. The van der Waals surface area contributed by atoms with Crippen molar-refractivity contribution in [3.8, 4) is 0 Å². The number of hydrogen-bond donors (Lipinski definition) is 1. The van der Waals surface area contributed by atoms with Gasteiger partial charge in [0.2, 0.25) is 0 Å². The van der Waals surface area contributed by atoms with Crippen LogP contribution >= 0.6 is 23.4 Å². The van der Waals surface area contributed by atoms with Crippen molar-refractivity contribution in [3.05, 3.63) is 53.6 Å². The normalized spacial score (nSPS) is 20.1. The smallest absolute Gasteiger partial charge is 0.165 e. The Morgan fingerprint density at radius 3 is 2.72 bits per heavy atom. The summed E-state index contributed by atoms with van der Waals surface area (Å²) in [7, 11) is 0. The van der Waals surface area contributed by atoms with Crippen molar-refractivity contribution < 1.29 is 0 Å². The summed E-state index contributed by atoms with van der Waals surface area (Å²) in [6.07, 6.45) is 11.7. The second kappa shape index (κ2) is 7.47. The van der Waals surface area contributed by atoms with Crippen LogP contribution < -0.4 is 10.6 Å². The van der Waals surface area contributed by atoms with Gasteiger partial charge in [-0.25, -0.2) is 19.9 Å². The average Bonchev–Trinajstić information content (AvgIpc) is 3.03. The molecule has 4 heterocycles. The molecule has 29 heavy (non-hydrogen) atoms. The van der Waals surface area contributed by atoms with E-state index in [2.05, 4.69) is 35.0 Å². The summed E-state index contributed by atoms with van der Waals surface area (Å²) in [6, 6.07) is 1.79. The highest BCUT2D eigenvalue weighted by molar-refractivity contribution is 7.99. The van der Waals surface area contributed by atoms with Crippen LogP contribution in [0.15, 0.2) is 47.1 Å². The summed E-state index contributed by atoms with van der Waals surface area (Å²) in [4.78, 5) is 20.8. The summed E-state index contributed by atoms with van der Waals surface area (Å²) in [5.41, 5.74) is 8.86. The first-order valence-corrected chi connectivity index (χ1v) is 10.6. The van der Waals surface area contributed by atoms with E-state index in [1.165, 1.54) is 17.3 Å². The number of piperidine rings is 1. The van der Waals surface area contributed by atoms with Crippen LogP contribution in [0.1, 0.15) is 30.1 Å². The van der Waals surface area contributed by atoms with Crippen LogP contribution in [0.3, 0.4) is 0 Å². The Balaban J connectivity index is 1.25. The molecular weight excluding hydrogens is 408 g/mol. The number of hydrogen-bond acceptors (Lipinski definition) is 9. The Bertz CT molecular complexity index is 1020. The number of rotatable bonds is 3. The Labute approximate surface area is 177 Å². The fraction of sp³-hybridized carbons (Fsp3) is 0.368. The zero-order valence-corrected chi connectivity index (χ0v) is 17.1. The van der Waals surface area contributed by atoms with Gasteiger partial charge in [0, 0.05) is 19.3 Å². The summed E-state index contributed by atoms with van der Waals surface area (Å²) < 4.78 is 0. The molecule has 0 radical (unpaired) electrons. The van der Waals surface area contributed by atoms with E-state index < -0.39 is 0 Å². The molecule has 1 fully saturated rings. The average molecular weight is 427 g/mol. The third-order valence-electron chi connectivity index (χ3n) is 5.87. The van der Waals surface area contributed by atoms with Crippen molar-refractivity contribution in [3.63, 3.8) is 0 Å². The van der Waals surface area contributed by atoms with Crippen molar-refractivity contribution in [1.82, 2.24) is 30.1 Å². The summed E-state index contributed by atoms with van der Waals surface area (Å²) in [6.45, 7) is 1.80. The Morgan fingerprint density at radius 1 is 1.14 bits per heavy atom. The maximum absolute atomic E-state index is 6.59. The minimum Gasteiger partial charge on any atom is -0.355 e. The van der Waals surface area contributed by atoms with Crippen LogP contribution in [0.4, 0.5) is 5.82 Å². The fourth-order valence-corrected chi connectivity index (χ4v) is 5.16. The van der Waals surface area contributed by atoms with Gasteiger partial charge in [0.05, 0.1) is 35.2 Å². The standard InChI is InChI=1S/C19H19ClN8S/c20-18-13(1-4-26-27-18)29-15-10-23-14(9-24-15)28-5-2-19(3-6-28)7-12-8-22-11-25-16(12)17(19)21/h1,4,8-11,17H,2-3,5-7,21H2/t17-/m1/s1. The van der Waals surface area contributed by atoms with E-state index in [4.69, 9.17) is 17.3 Å². The second-order valence-corrected chi connectivity index (χ2v) is 8.86. The number of halogens is 1. The minimum atomic E-state index is -0.0220. The van der Waals surface area contributed by atoms with Gasteiger partial charge >= 0.3 is 0 Å². The molecule has 0 aromatic carbocycles. The van der Waals surface area contributed by atoms with Crippen molar-refractivity contribution >= 4 is 29.2 Å². The molecule has 1 saturated heterocycles. The Hall–Kier alpha value is -2.36. The molecule has 3 aromatic heterocycles. The second-order valence-electron chi connectivity index (χ2n) is 7.44. The van der Waals surface area contributed by atoms with Gasteiger partial charge in [-0.15, -0.1) is 5.10 Å². The first kappa shape index (κ1) is 18.7. The van der Waals surface area contributed by atoms with E-state index in [9.17, 15) is 0 Å². The zero-order valence-electron chi connectivity index (χ0n) is 15.6. The third kappa shape index (κ3) is 3.43. The lowest BCUT2D eigenvalue weighted by molar-refractivity contribution is 0.185. The van der Waals surface area contributed by atoms with Crippen LogP contribution in [0, 0.1) is 5.41 Å². The monoisotopic (exact) mass is 426 g/mol. The third-order valence-corrected chi connectivity index (χ3v) is 7.23. The number of fused-ring (bicyclic) bond motifs is 1. The van der Waals surface area contributed by atoms with Crippen LogP contribution in [-0.2, 0) is 6.42 Å². The van der Waals surface area contributed by atoms with Crippen LogP contribution in [0.5, 0.6) is 0 Å². The summed E-state index contributed by atoms with van der Waals surface area (Å²) in [5, 5.41) is 8.73. The molecule has 2 N–H and O–H groups in total. The van der Waals surface area contributed by atoms with Gasteiger partial charge in [0.1, 0.15) is 17.2 Å². The maximum atomic E-state index is 6.59. The number of nitrogens with two attached hydrogens (primary N) is 1. The van der Waals surface area contributed by atoms with E-state index in [0.29, 0.717) is 5.15 Å². The molecule has 5 rings (SSSR count). The first-order chi connectivity index (χ1) is 14.1. The highest BCUT2D eigenvalue weighted by Crippen LogP contribution is 2.50. The molecule has 0 amide bonds. The van der Waals surface area contributed by atoms with Crippen LogP contribution in [0.2, 0.25) is 5.15 Å². The molecule has 1 aliphatic heterocycles. The lowest BCUT2D eigenvalue weighted by atomic mass is 9.73. The summed E-state index contributed by atoms with van der Waals surface area (Å²) in [5.74, 6) is 0.882. The minimum absolute atomic E-state index is 0.0220. The van der Waals surface area contributed by atoms with Gasteiger partial charge in [0.25, 0.3) is 0 Å². The molecule has 1 aliphatic carbocycles. The van der Waals surface area contributed by atoms with E-state index in [0.717, 1.165) is 53.8 Å². The largest absolute Gasteiger partial charge is 0.355 e. The van der Waals surface area contributed by atoms with Crippen molar-refractivity contribution in [2.75, 3.05) is 18.0 Å². The number of aromatic nitrogens is 6. The molecule has 0 unspecified atom stereocenters. The molecule has 1 atom stereocenters. The molecular formula is C19H19ClN8S. The fourth-order valence-electron chi connectivity index (χ4n) is 4.25. The Morgan fingerprint density at radius 2 is 2.00 bits per heavy atom. The summed E-state index contributed by atoms with van der Waals surface area (Å²) >= 11 is 7.48. The molecule has 0 saturated carbocycles. The predicted octanol–water partition coefficient (Wildman–Crippen LogP) is 2.70. The van der Waals surface area contributed by atoms with E-state index in [1.54, 1.807) is 18.7 Å². The highest BCUT2D eigenvalue weighted by atomic mass is 35.5. The van der Waals surface area contributed by atoms with Gasteiger partial charge < -0.3 is 10.6 Å². The molecule has 1 spiro atoms. The van der Waals surface area contributed by atoms with Crippen molar-refractivity contribution in [2.45, 2.75) is 35.2 Å². The lowest BCUT2D eigenvalue weighted by Gasteiger charge is -2.42. The van der Waals surface area contributed by atoms with Crippen LogP contribution in [-0.4, -0.2) is 43.2 Å². The highest BCUT2D eigenvalue weighted by Gasteiger charge is 2.47. The van der Waals surface area contributed by atoms with Gasteiger partial charge in [0.15, 0.2) is 5.15 Å². The van der Waals surface area contributed by atoms with Crippen LogP contribution in [0.25, 0.3) is 0 Å². The molecule has 148 valence electrons. The molecule has 2 aliphatic rings. The first-order valence-electron chi connectivity index (χ1n) is 9.41. The predicted molar refractivity (Wildman–Crippen MR) is 110 cm³/mol. The quantitative estimate of drug-likeness (QED) is 0.676. The number of anilines is 1. The van der Waals surface area contributed by atoms with Gasteiger partial charge in [-0.05, 0) is 36.3 Å². The zero-order chi connectivity index (χ0) is 19.8. The van der Waals surface area contributed by atoms with Crippen molar-refractivity contribution in [1.29, 1.82) is 0 Å². The van der Waals surface area contributed by atoms with Gasteiger partial charge in [-0.3, -0.25) is 0 Å². The molecule has 8 nitrogen and oxygen atoms in total. The number of nitrogens with zero attached hydrogens (tertiary/aromatic N) is 7. The Kier molecular flexibility index (Phi) is 4.81. The van der Waals surface area contributed by atoms with Crippen molar-refractivity contribution in [2.24, 2.45) is 11.1 Å². The molecule has 10 heteroatoms.